The van der Waals surface area contributed by atoms with Gasteiger partial charge in [0, 0.05) is 118 Å². The summed E-state index contributed by atoms with van der Waals surface area (Å²) < 4.78 is 58.5. The third-order valence-electron chi connectivity index (χ3n) is 11.7. The minimum Gasteiger partial charge on any atom is -0.488 e. The number of rotatable bonds is 27. The number of carbonyl (C=O) groups is 2. The first-order chi connectivity index (χ1) is 36.1. The molecular weight excluding hydrogens is 1060 g/mol. The lowest BCUT2D eigenvalue weighted by Crippen LogP contribution is -2.37. The molecule has 0 fully saturated rings. The van der Waals surface area contributed by atoms with Gasteiger partial charge < -0.3 is 50.0 Å². The van der Waals surface area contributed by atoms with E-state index < -0.39 is 43.5 Å². The molecule has 2 atom stereocenters. The average Bonchev–Trinajstić information content (AvgIpc) is 3.35. The van der Waals surface area contributed by atoms with Gasteiger partial charge in [-0.1, -0.05) is 59.6 Å². The average molecular weight is 1120 g/mol. The van der Waals surface area contributed by atoms with Gasteiger partial charge in [-0.25, -0.2) is 8.42 Å². The molecule has 0 aliphatic carbocycles. The number of benzene rings is 4. The van der Waals surface area contributed by atoms with Gasteiger partial charge in [0.25, 0.3) is 0 Å². The number of carboxylic acid groups (broad SMARTS) is 2. The predicted molar refractivity (Wildman–Crippen MR) is 294 cm³/mol. The minimum atomic E-state index is -2.44. The fourth-order valence-corrected chi connectivity index (χ4v) is 9.57. The Hall–Kier alpha value is -6.36. The number of aliphatic hydroxyl groups is 2. The van der Waals surface area contributed by atoms with Crippen LogP contribution in [-0.4, -0.2) is 101 Å². The monoisotopic (exact) mass is 1120 g/mol. The topological polar surface area (TPSA) is 261 Å². The second-order valence-electron chi connectivity index (χ2n) is 18.3. The molecule has 6 N–H and O–H groups in total. The smallest absolute Gasteiger partial charge is 0.320 e. The second kappa shape index (κ2) is 27.1. The van der Waals surface area contributed by atoms with Crippen LogP contribution in [0.2, 0.25) is 10.0 Å². The maximum absolute atomic E-state index is 12.4. The molecule has 4 aromatic carbocycles. The Bertz CT molecular complexity index is 3080. The maximum atomic E-state index is 12.4. The molecule has 406 valence electrons. The molecule has 0 amide bonds. The Morgan fingerprint density at radius 3 is 1.30 bits per heavy atom. The first-order valence-corrected chi connectivity index (χ1v) is 29.2. The van der Waals surface area contributed by atoms with E-state index in [-0.39, 0.29) is 75.6 Å². The van der Waals surface area contributed by atoms with Crippen LogP contribution in [0.15, 0.2) is 106 Å². The van der Waals surface area contributed by atoms with Crippen LogP contribution < -0.4 is 29.6 Å². The summed E-state index contributed by atoms with van der Waals surface area (Å²) >= 11 is 13.7. The largest absolute Gasteiger partial charge is 0.488 e. The fraction of sp³-hybridized carbons (Fsp3) is 0.333. The van der Waals surface area contributed by atoms with E-state index in [4.69, 9.17) is 42.1 Å². The zero-order valence-electron chi connectivity index (χ0n) is 42.9. The van der Waals surface area contributed by atoms with Gasteiger partial charge >= 0.3 is 11.9 Å². The van der Waals surface area contributed by atoms with E-state index in [9.17, 15) is 38.4 Å². The van der Waals surface area contributed by atoms with E-state index in [0.29, 0.717) is 56.6 Å². The van der Waals surface area contributed by atoms with Gasteiger partial charge in [-0.2, -0.15) is 8.73 Å². The summed E-state index contributed by atoms with van der Waals surface area (Å²) in [5, 5.41) is 44.8. The number of aliphatic carboxylic acids is 2. The van der Waals surface area contributed by atoms with Crippen molar-refractivity contribution in [2.75, 3.05) is 38.2 Å². The summed E-state index contributed by atoms with van der Waals surface area (Å²) in [7, 11) is -4.89. The highest BCUT2D eigenvalue weighted by atomic mass is 35.5. The Kier molecular flexibility index (Phi) is 21.0. The van der Waals surface area contributed by atoms with Crippen molar-refractivity contribution >= 4 is 66.0 Å². The van der Waals surface area contributed by atoms with Crippen LogP contribution >= 0.6 is 23.2 Å². The molecule has 0 spiro atoms. The molecule has 0 aliphatic heterocycles. The Labute approximate surface area is 453 Å². The van der Waals surface area contributed by atoms with E-state index in [1.54, 1.807) is 48.8 Å². The van der Waals surface area contributed by atoms with Gasteiger partial charge in [0.15, 0.2) is 0 Å². The molecular formula is C54H62Cl2N6O12S2. The number of hydrogen-bond donors (Lipinski definition) is 6. The van der Waals surface area contributed by atoms with Crippen molar-refractivity contribution in [1.82, 2.24) is 20.6 Å². The Balaban J connectivity index is 1.22. The van der Waals surface area contributed by atoms with E-state index in [0.717, 1.165) is 33.4 Å². The van der Waals surface area contributed by atoms with Crippen LogP contribution in [0.3, 0.4) is 0 Å². The van der Waals surface area contributed by atoms with E-state index in [2.05, 4.69) is 29.3 Å². The third-order valence-corrected chi connectivity index (χ3v) is 13.6. The Morgan fingerprint density at radius 1 is 0.566 bits per heavy atom. The molecule has 22 heteroatoms. The molecule has 18 nitrogen and oxygen atoms in total. The summed E-state index contributed by atoms with van der Waals surface area (Å²) in [5.74, 6) is -0.891. The second-order valence-corrected chi connectivity index (χ2v) is 24.2. The molecule has 6 aromatic rings. The van der Waals surface area contributed by atoms with Crippen LogP contribution in [0.1, 0.15) is 57.3 Å². The summed E-state index contributed by atoms with van der Waals surface area (Å²) in [4.78, 5) is 32.2. The molecule has 2 aromatic heterocycles. The first kappa shape index (κ1) is 58.9. The highest BCUT2D eigenvalue weighted by molar-refractivity contribution is 7.92. The summed E-state index contributed by atoms with van der Waals surface area (Å²) in [6.07, 6.45) is 12.3. The lowest BCUT2D eigenvalue weighted by Gasteiger charge is -2.20. The number of pyridine rings is 2. The number of aromatic nitrogens is 2. The minimum absolute atomic E-state index is 0.0111. The van der Waals surface area contributed by atoms with Crippen molar-refractivity contribution in [3.63, 3.8) is 0 Å². The van der Waals surface area contributed by atoms with E-state index in [1.165, 1.54) is 37.4 Å². The van der Waals surface area contributed by atoms with E-state index >= 15 is 0 Å². The van der Waals surface area contributed by atoms with Gasteiger partial charge in [-0.15, -0.1) is 0 Å². The van der Waals surface area contributed by atoms with Crippen molar-refractivity contribution in [3.8, 4) is 34.1 Å². The molecule has 76 heavy (non-hydrogen) atoms. The van der Waals surface area contributed by atoms with Crippen molar-refractivity contribution < 1.29 is 57.4 Å². The summed E-state index contributed by atoms with van der Waals surface area (Å²) in [5.41, 5.74) is 8.79. The van der Waals surface area contributed by atoms with Crippen molar-refractivity contribution in [3.05, 3.63) is 152 Å². The number of nitrogens with zero attached hydrogens (tertiary/aromatic N) is 4. The van der Waals surface area contributed by atoms with Gasteiger partial charge in [-0.05, 0) is 84.3 Å². The zero-order valence-corrected chi connectivity index (χ0v) is 46.0. The normalized spacial score (nSPS) is 12.4. The van der Waals surface area contributed by atoms with Crippen molar-refractivity contribution in [1.29, 1.82) is 0 Å². The number of hydrogen-bond acceptors (Lipinski definition) is 16. The van der Waals surface area contributed by atoms with Crippen molar-refractivity contribution in [2.45, 2.75) is 78.3 Å². The number of nitrogens with one attached hydrogen (secondary N) is 2. The van der Waals surface area contributed by atoms with Gasteiger partial charge in [-0.3, -0.25) is 19.6 Å². The zero-order chi connectivity index (χ0) is 55.2. The third kappa shape index (κ3) is 17.3. The van der Waals surface area contributed by atoms with E-state index in [1.807, 2.05) is 50.2 Å². The van der Waals surface area contributed by atoms with Crippen LogP contribution in [0.25, 0.3) is 11.1 Å². The van der Waals surface area contributed by atoms with Crippen LogP contribution in [0, 0.1) is 13.8 Å². The summed E-state index contributed by atoms with van der Waals surface area (Å²) in [6, 6.07) is 19.8. The molecule has 6 rings (SSSR count). The van der Waals surface area contributed by atoms with Gasteiger partial charge in [0.05, 0.1) is 33.8 Å². The lowest BCUT2D eigenvalue weighted by molar-refractivity contribution is -0.140. The van der Waals surface area contributed by atoms with Crippen LogP contribution in [-0.2, 0) is 68.6 Å². The molecule has 0 bridgehead atoms. The molecule has 2 unspecified atom stereocenters. The quantitative estimate of drug-likeness (QED) is 0.0281. The fourth-order valence-electron chi connectivity index (χ4n) is 7.88. The molecule has 2 heterocycles. The number of ether oxygens (including phenoxy) is 4. The predicted octanol–water partition coefficient (Wildman–Crippen LogP) is 8.95. The Morgan fingerprint density at radius 2 is 0.947 bits per heavy atom. The van der Waals surface area contributed by atoms with Crippen molar-refractivity contribution in [2.24, 2.45) is 8.73 Å². The molecule has 0 aliphatic rings. The van der Waals surface area contributed by atoms with Gasteiger partial charge in [0.2, 0.25) is 0 Å². The molecule has 0 saturated heterocycles. The first-order valence-electron chi connectivity index (χ1n) is 23.8. The van der Waals surface area contributed by atoms with Crippen LogP contribution in [0.4, 0.5) is 11.4 Å². The highest BCUT2D eigenvalue weighted by Gasteiger charge is 2.22. The SMILES string of the molecule is Cc1c(COc2cc(OCc3cncc(N=S(C)(C)=O)c3)c(CNC(CCO)C(=O)O)cc2Cl)cccc1-c1cccc(COc2cc(OCc3cncc(N=S(C)(C)=O)c3)c(CNC(CCO)C(=O)O)cc2Cl)c1C. The molecule has 0 radical (unpaired) electrons. The standard InChI is InChI=1S/C54H62Cl2N6O12S2/c1-33-37(31-73-51-21-49(39(19-45(51)55)25-59-47(13-15-63)53(65)66)71-29-35-17-41(27-57-23-35)61-75(3,4)69)9-7-11-43(33)44-12-8-10-38(34(44)2)32-74-52-22-50(40(20-46(52)56)26-60-48(14-16-64)54(67)68)72-30-36-18-42(28-58-24-36)62-76(5,6)70/h7-12,17-24,27-28,47-48,59-60,63-64H,13-16,25-26,29-32H2,1-6H3,(H,65,66)(H,67,68). The lowest BCUT2D eigenvalue weighted by atomic mass is 9.92. The van der Waals surface area contributed by atoms with Crippen LogP contribution in [0.5, 0.6) is 23.0 Å². The number of aliphatic hydroxyl groups excluding tert-OH is 2. The number of halogens is 2. The summed E-state index contributed by atoms with van der Waals surface area (Å²) in [6.45, 7) is 3.77. The molecule has 0 saturated carbocycles. The highest BCUT2D eigenvalue weighted by Crippen LogP contribution is 2.38. The maximum Gasteiger partial charge on any atom is 0.320 e. The number of carboxylic acids is 2. The van der Waals surface area contributed by atoms with Gasteiger partial charge in [0.1, 0.15) is 61.5 Å².